The quantitative estimate of drug-likeness (QED) is 0.421. The van der Waals surface area contributed by atoms with Crippen molar-refractivity contribution < 1.29 is 9.53 Å². The largest absolute Gasteiger partial charge is 0.460 e. The Hall–Kier alpha value is -2.39. The third-order valence-electron chi connectivity index (χ3n) is 4.72. The number of esters is 1. The minimum absolute atomic E-state index is 0.0189. The Morgan fingerprint density at radius 3 is 2.18 bits per heavy atom. The van der Waals surface area contributed by atoms with Gasteiger partial charge in [0.2, 0.25) is 0 Å². The van der Waals surface area contributed by atoms with Crippen LogP contribution in [0.2, 0.25) is 0 Å². The van der Waals surface area contributed by atoms with Gasteiger partial charge in [0.15, 0.2) is 0 Å². The smallest absolute Gasteiger partial charge is 0.307 e. The standard InChI is InChI=1S/C25H33NO2/c1-6-17-26(20(2)22-15-11-8-12-16-22)23(18-21-13-9-7-10-14-21)19-24(27)28-25(3,4)5/h6-16,20,23H,1,17-19H2,2-5H3/t20-,23-/m0/s1. The van der Waals surface area contributed by atoms with Gasteiger partial charge in [0, 0.05) is 18.6 Å². The molecule has 0 radical (unpaired) electrons. The van der Waals surface area contributed by atoms with E-state index in [4.69, 9.17) is 4.74 Å². The number of rotatable bonds is 9. The minimum Gasteiger partial charge on any atom is -0.460 e. The second kappa shape index (κ2) is 10.2. The number of hydrogen-bond donors (Lipinski definition) is 0. The lowest BCUT2D eigenvalue weighted by molar-refractivity contribution is -0.156. The monoisotopic (exact) mass is 379 g/mol. The molecule has 2 rings (SSSR count). The molecule has 0 aromatic heterocycles. The summed E-state index contributed by atoms with van der Waals surface area (Å²) < 4.78 is 5.63. The van der Waals surface area contributed by atoms with E-state index in [1.165, 1.54) is 11.1 Å². The van der Waals surface area contributed by atoms with Crippen molar-refractivity contribution >= 4 is 5.97 Å². The molecule has 3 heteroatoms. The molecule has 0 spiro atoms. The van der Waals surface area contributed by atoms with Gasteiger partial charge in [0.1, 0.15) is 5.60 Å². The Labute approximate surface area is 170 Å². The van der Waals surface area contributed by atoms with Gasteiger partial charge in [0.05, 0.1) is 6.42 Å². The van der Waals surface area contributed by atoms with Crippen molar-refractivity contribution in [1.82, 2.24) is 4.90 Å². The average molecular weight is 380 g/mol. The molecule has 0 amide bonds. The first kappa shape index (κ1) is 21.9. The third kappa shape index (κ3) is 6.97. The summed E-state index contributed by atoms with van der Waals surface area (Å²) in [5.41, 5.74) is 1.96. The highest BCUT2D eigenvalue weighted by atomic mass is 16.6. The van der Waals surface area contributed by atoms with E-state index in [0.717, 1.165) is 6.42 Å². The predicted octanol–water partition coefficient (Wildman–Crippen LogP) is 5.58. The molecule has 0 N–H and O–H groups in total. The van der Waals surface area contributed by atoms with Gasteiger partial charge < -0.3 is 4.74 Å². The summed E-state index contributed by atoms with van der Waals surface area (Å²) in [6.45, 7) is 12.6. The molecule has 0 aliphatic heterocycles. The van der Waals surface area contributed by atoms with E-state index in [9.17, 15) is 4.79 Å². The number of hydrogen-bond acceptors (Lipinski definition) is 3. The molecular weight excluding hydrogens is 346 g/mol. The molecule has 2 atom stereocenters. The summed E-state index contributed by atoms with van der Waals surface area (Å²) in [5, 5.41) is 0. The van der Waals surface area contributed by atoms with Crippen molar-refractivity contribution in [3.63, 3.8) is 0 Å². The fraction of sp³-hybridized carbons (Fsp3) is 0.400. The number of ether oxygens (including phenoxy) is 1. The van der Waals surface area contributed by atoms with Gasteiger partial charge in [-0.25, -0.2) is 0 Å². The van der Waals surface area contributed by atoms with Gasteiger partial charge in [-0.15, -0.1) is 6.58 Å². The highest BCUT2D eigenvalue weighted by molar-refractivity contribution is 5.70. The van der Waals surface area contributed by atoms with Crippen LogP contribution in [0.25, 0.3) is 0 Å². The molecule has 0 saturated carbocycles. The highest BCUT2D eigenvalue weighted by Gasteiger charge is 2.28. The first-order valence-electron chi connectivity index (χ1n) is 9.97. The highest BCUT2D eigenvalue weighted by Crippen LogP contribution is 2.26. The number of nitrogens with zero attached hydrogens (tertiary/aromatic N) is 1. The van der Waals surface area contributed by atoms with Crippen LogP contribution in [0.3, 0.4) is 0 Å². The Balaban J connectivity index is 2.29. The van der Waals surface area contributed by atoms with Crippen LogP contribution in [0.4, 0.5) is 0 Å². The fourth-order valence-corrected chi connectivity index (χ4v) is 3.46. The number of carbonyl (C=O) groups excluding carboxylic acids is 1. The number of carbonyl (C=O) groups is 1. The van der Waals surface area contributed by atoms with Crippen LogP contribution in [0, 0.1) is 0 Å². The van der Waals surface area contributed by atoms with Crippen LogP contribution >= 0.6 is 0 Å². The van der Waals surface area contributed by atoms with Crippen LogP contribution in [-0.4, -0.2) is 29.1 Å². The zero-order valence-corrected chi connectivity index (χ0v) is 17.6. The Morgan fingerprint density at radius 2 is 1.64 bits per heavy atom. The molecule has 3 nitrogen and oxygen atoms in total. The molecule has 0 heterocycles. The van der Waals surface area contributed by atoms with Crippen molar-refractivity contribution in [2.75, 3.05) is 6.54 Å². The van der Waals surface area contributed by atoms with Gasteiger partial charge in [-0.05, 0) is 45.2 Å². The summed E-state index contributed by atoms with van der Waals surface area (Å²) >= 11 is 0. The Morgan fingerprint density at radius 1 is 1.07 bits per heavy atom. The van der Waals surface area contributed by atoms with E-state index >= 15 is 0 Å². The molecule has 0 aliphatic rings. The molecule has 0 bridgehead atoms. The van der Waals surface area contributed by atoms with Gasteiger partial charge in [-0.1, -0.05) is 66.7 Å². The zero-order chi connectivity index (χ0) is 20.6. The van der Waals surface area contributed by atoms with Gasteiger partial charge in [-0.2, -0.15) is 0 Å². The molecular formula is C25H33NO2. The topological polar surface area (TPSA) is 29.5 Å². The van der Waals surface area contributed by atoms with Gasteiger partial charge >= 0.3 is 5.97 Å². The average Bonchev–Trinajstić information content (AvgIpc) is 2.65. The predicted molar refractivity (Wildman–Crippen MR) is 116 cm³/mol. The lowest BCUT2D eigenvalue weighted by Crippen LogP contribution is -2.41. The molecule has 0 aliphatic carbocycles. The van der Waals surface area contributed by atoms with Gasteiger partial charge in [-0.3, -0.25) is 9.69 Å². The van der Waals surface area contributed by atoms with Crippen LogP contribution in [0.5, 0.6) is 0 Å². The maximum absolute atomic E-state index is 12.7. The normalized spacial score (nSPS) is 13.8. The lowest BCUT2D eigenvalue weighted by Gasteiger charge is -2.36. The van der Waals surface area contributed by atoms with Crippen molar-refractivity contribution in [3.05, 3.63) is 84.4 Å². The first-order chi connectivity index (χ1) is 13.3. The third-order valence-corrected chi connectivity index (χ3v) is 4.72. The van der Waals surface area contributed by atoms with E-state index in [1.54, 1.807) is 0 Å². The minimum atomic E-state index is -0.483. The van der Waals surface area contributed by atoms with E-state index in [1.807, 2.05) is 51.1 Å². The number of benzene rings is 2. The second-order valence-electron chi connectivity index (χ2n) is 8.21. The first-order valence-corrected chi connectivity index (χ1v) is 9.97. The summed E-state index contributed by atoms with van der Waals surface area (Å²) in [5.74, 6) is -0.164. The summed E-state index contributed by atoms with van der Waals surface area (Å²) in [6, 6.07) is 20.9. The fourth-order valence-electron chi connectivity index (χ4n) is 3.46. The zero-order valence-electron chi connectivity index (χ0n) is 17.6. The van der Waals surface area contributed by atoms with Crippen molar-refractivity contribution in [2.24, 2.45) is 0 Å². The second-order valence-corrected chi connectivity index (χ2v) is 8.21. The summed E-state index contributed by atoms with van der Waals surface area (Å²) in [4.78, 5) is 15.0. The van der Waals surface area contributed by atoms with E-state index < -0.39 is 5.60 Å². The molecule has 150 valence electrons. The van der Waals surface area contributed by atoms with Crippen LogP contribution in [0.15, 0.2) is 73.3 Å². The molecule has 2 aromatic carbocycles. The van der Waals surface area contributed by atoms with Gasteiger partial charge in [0.25, 0.3) is 0 Å². The van der Waals surface area contributed by atoms with Crippen molar-refractivity contribution in [3.8, 4) is 0 Å². The van der Waals surface area contributed by atoms with Crippen molar-refractivity contribution in [2.45, 2.75) is 58.2 Å². The molecule has 0 unspecified atom stereocenters. The Kier molecular flexibility index (Phi) is 8.01. The summed E-state index contributed by atoms with van der Waals surface area (Å²) in [6.07, 6.45) is 3.04. The lowest BCUT2D eigenvalue weighted by atomic mass is 9.97. The van der Waals surface area contributed by atoms with Crippen LogP contribution in [0.1, 0.15) is 51.3 Å². The van der Waals surface area contributed by atoms with E-state index in [0.29, 0.717) is 13.0 Å². The molecule has 2 aromatic rings. The van der Waals surface area contributed by atoms with Crippen LogP contribution < -0.4 is 0 Å². The molecule has 0 fully saturated rings. The maximum Gasteiger partial charge on any atom is 0.307 e. The Bertz CT molecular complexity index is 734. The van der Waals surface area contributed by atoms with Crippen molar-refractivity contribution in [1.29, 1.82) is 0 Å². The van der Waals surface area contributed by atoms with E-state index in [2.05, 4.69) is 54.8 Å². The maximum atomic E-state index is 12.7. The summed E-state index contributed by atoms with van der Waals surface area (Å²) in [7, 11) is 0. The molecule has 0 saturated heterocycles. The molecule has 28 heavy (non-hydrogen) atoms. The van der Waals surface area contributed by atoms with Crippen LogP contribution in [-0.2, 0) is 16.0 Å². The van der Waals surface area contributed by atoms with E-state index in [-0.39, 0.29) is 18.1 Å². The SMILES string of the molecule is C=CCN([C@H](CC(=O)OC(C)(C)C)Cc1ccccc1)[C@@H](C)c1ccccc1.